The summed E-state index contributed by atoms with van der Waals surface area (Å²) in [5.41, 5.74) is 4.87. The predicted molar refractivity (Wildman–Crippen MR) is 89.8 cm³/mol. The Hall–Kier alpha value is 0.501. The maximum absolute atomic E-state index is 3.80. The summed E-state index contributed by atoms with van der Waals surface area (Å²) in [6, 6.07) is 12.4. The van der Waals surface area contributed by atoms with Crippen molar-refractivity contribution in [3.8, 4) is 0 Å². The molecule has 130 valence electrons. The molecule has 24 heavy (non-hydrogen) atoms. The van der Waals surface area contributed by atoms with Crippen LogP contribution in [0.1, 0.15) is 32.6 Å². The topological polar surface area (TPSA) is 0 Å². The number of rotatable bonds is 3. The van der Waals surface area contributed by atoms with Gasteiger partial charge in [0.15, 0.2) is 0 Å². The first-order valence-electron chi connectivity index (χ1n) is 7.98. The summed E-state index contributed by atoms with van der Waals surface area (Å²) >= 11 is 0. The Morgan fingerprint density at radius 1 is 1.00 bits per heavy atom. The molecule has 0 N–H and O–H groups in total. The van der Waals surface area contributed by atoms with Gasteiger partial charge in [0.05, 0.1) is 8.07 Å². The van der Waals surface area contributed by atoms with Gasteiger partial charge in [0.1, 0.15) is 0 Å². The minimum absolute atomic E-state index is 0. The summed E-state index contributed by atoms with van der Waals surface area (Å²) in [4.78, 5) is 0. The van der Waals surface area contributed by atoms with Crippen molar-refractivity contribution in [1.29, 1.82) is 0 Å². The van der Waals surface area contributed by atoms with Gasteiger partial charge in [-0.05, 0) is 0 Å². The van der Waals surface area contributed by atoms with Gasteiger partial charge < -0.3 is 37.2 Å². The smallest absolute Gasteiger partial charge is 1.00 e. The molecule has 0 spiro atoms. The van der Waals surface area contributed by atoms with Crippen LogP contribution in [-0.2, 0) is 21.7 Å². The molecule has 1 aromatic carbocycles. The van der Waals surface area contributed by atoms with Crippen LogP contribution in [0.5, 0.6) is 0 Å². The monoisotopic (exact) mass is 434 g/mol. The summed E-state index contributed by atoms with van der Waals surface area (Å²) in [6.07, 6.45) is 9.15. The molecule has 1 aromatic rings. The quantitative estimate of drug-likeness (QED) is 0.334. The van der Waals surface area contributed by atoms with E-state index in [1.54, 1.807) is 21.9 Å². The largest absolute Gasteiger partial charge is 4.00 e. The van der Waals surface area contributed by atoms with E-state index in [4.69, 9.17) is 0 Å². The third-order valence-electron chi connectivity index (χ3n) is 5.05. The van der Waals surface area contributed by atoms with Gasteiger partial charge in [-0.1, -0.05) is 93.2 Å². The zero-order valence-corrected chi connectivity index (χ0v) is 19.5. The molecule has 0 aromatic heterocycles. The average Bonchev–Trinajstić information content (AvgIpc) is 2.76. The molecule has 2 aliphatic rings. The molecule has 0 amide bonds. The van der Waals surface area contributed by atoms with E-state index in [2.05, 4.69) is 56.4 Å². The Kier molecular flexibility index (Phi) is 12.5. The van der Waals surface area contributed by atoms with Crippen molar-refractivity contribution < 1.29 is 58.9 Å². The normalized spacial score (nSPS) is 19.0. The van der Waals surface area contributed by atoms with Crippen LogP contribution in [0.4, 0.5) is 0 Å². The Labute approximate surface area is 182 Å². The fourth-order valence-electron chi connectivity index (χ4n) is 3.73. The Morgan fingerprint density at radius 2 is 1.58 bits per heavy atom. The Bertz CT molecular complexity index is 567. The van der Waals surface area contributed by atoms with Gasteiger partial charge in [0.25, 0.3) is 0 Å². The van der Waals surface area contributed by atoms with Gasteiger partial charge in [0, 0.05) is 0 Å². The Morgan fingerprint density at radius 3 is 2.17 bits per heavy atom. The van der Waals surface area contributed by atoms with Crippen LogP contribution in [0, 0.1) is 12.0 Å². The van der Waals surface area contributed by atoms with E-state index in [-0.39, 0.29) is 58.9 Å². The van der Waals surface area contributed by atoms with Gasteiger partial charge in [-0.25, -0.2) is 17.2 Å². The molecule has 0 saturated carbocycles. The zero-order chi connectivity index (χ0) is 14.2. The van der Waals surface area contributed by atoms with E-state index in [0.717, 1.165) is 0 Å². The molecule has 0 nitrogen and oxygen atoms in total. The minimum Gasteiger partial charge on any atom is -1.00 e. The van der Waals surface area contributed by atoms with Crippen LogP contribution in [-0.4, -0.2) is 8.07 Å². The van der Waals surface area contributed by atoms with Crippen LogP contribution < -0.4 is 42.4 Å². The van der Waals surface area contributed by atoms with Crippen molar-refractivity contribution in [2.45, 2.75) is 51.7 Å². The van der Waals surface area contributed by atoms with Crippen LogP contribution in [0.2, 0.25) is 19.1 Å². The second-order valence-corrected chi connectivity index (χ2v) is 11.7. The van der Waals surface area contributed by atoms with Gasteiger partial charge in [0.2, 0.25) is 0 Å². The van der Waals surface area contributed by atoms with Crippen LogP contribution in [0.25, 0.3) is 0 Å². The number of halogens is 3. The molecule has 0 heterocycles. The first-order chi connectivity index (χ1) is 9.58. The fourth-order valence-corrected chi connectivity index (χ4v) is 6.37. The first-order valence-corrected chi connectivity index (χ1v) is 11.2. The second-order valence-electron chi connectivity index (χ2n) is 7.01. The van der Waals surface area contributed by atoms with Crippen molar-refractivity contribution in [3.05, 3.63) is 53.1 Å². The van der Waals surface area contributed by atoms with Crippen LogP contribution >= 0.6 is 0 Å². The number of hydrogen-bond acceptors (Lipinski definition) is 0. The summed E-state index contributed by atoms with van der Waals surface area (Å²) < 4.78 is 0. The summed E-state index contributed by atoms with van der Waals surface area (Å²) in [5, 5.41) is 1.58. The van der Waals surface area contributed by atoms with Crippen molar-refractivity contribution in [3.63, 3.8) is 0 Å². The van der Waals surface area contributed by atoms with Crippen molar-refractivity contribution >= 4 is 13.3 Å². The van der Waals surface area contributed by atoms with Gasteiger partial charge in [-0.3, -0.25) is 0 Å². The molecule has 0 aliphatic heterocycles. The third-order valence-corrected chi connectivity index (χ3v) is 8.22. The first kappa shape index (κ1) is 26.7. The maximum atomic E-state index is 3.80. The molecule has 0 saturated heterocycles. The summed E-state index contributed by atoms with van der Waals surface area (Å²) in [5.74, 6) is 0.667. The van der Waals surface area contributed by atoms with E-state index < -0.39 is 8.07 Å². The van der Waals surface area contributed by atoms with E-state index >= 15 is 0 Å². The molecule has 1 unspecified atom stereocenters. The molecular formula is C19H25Cl3SiTi. The maximum Gasteiger partial charge on any atom is 4.00 e. The van der Waals surface area contributed by atoms with Gasteiger partial charge >= 0.3 is 21.7 Å². The molecule has 5 heteroatoms. The fraction of sp³-hybridized carbons (Fsp3) is 0.474. The molecule has 0 radical (unpaired) electrons. The molecule has 0 fully saturated rings. The SMILES string of the molecule is CC1C(C[Si](C)(C)c2ccccc2)=[C-]C2=C1CCCC2.[Cl-].[Cl-].[Cl-].[Ti+4]. The van der Waals surface area contributed by atoms with Gasteiger partial charge in [-0.2, -0.15) is 5.57 Å². The molecular weight excluding hydrogens is 411 g/mol. The second kappa shape index (κ2) is 11.3. The average molecular weight is 436 g/mol. The van der Waals surface area contributed by atoms with Gasteiger partial charge in [-0.15, -0.1) is 0 Å². The zero-order valence-electron chi connectivity index (χ0n) is 14.6. The molecule has 3 rings (SSSR count). The van der Waals surface area contributed by atoms with E-state index in [1.807, 2.05) is 0 Å². The van der Waals surface area contributed by atoms with Crippen molar-refractivity contribution in [2.75, 3.05) is 0 Å². The van der Waals surface area contributed by atoms with E-state index in [1.165, 1.54) is 31.7 Å². The number of allylic oxidation sites excluding steroid dienone is 4. The predicted octanol–water partition coefficient (Wildman–Crippen LogP) is -4.14. The number of benzene rings is 1. The Balaban J connectivity index is 0. The molecule has 1 atom stereocenters. The molecule has 0 bridgehead atoms. The van der Waals surface area contributed by atoms with Crippen molar-refractivity contribution in [1.82, 2.24) is 0 Å². The minimum atomic E-state index is -1.38. The van der Waals surface area contributed by atoms with Crippen molar-refractivity contribution in [2.24, 2.45) is 5.92 Å². The standard InChI is InChI=1S/C19H25Si.3ClH.Ti/c1-15-17(13-16-9-7-8-12-19(15)16)14-20(2,3)18-10-5-4-6-11-18;;;;/h4-6,10-11,15H,7-9,12,14H2,1-3H3;3*1H;/q-1;;;;+4/p-3. The molecule has 2 aliphatic carbocycles. The summed E-state index contributed by atoms with van der Waals surface area (Å²) in [6.45, 7) is 7.41. The van der Waals surface area contributed by atoms with Crippen LogP contribution in [0.15, 0.2) is 47.1 Å². The third kappa shape index (κ3) is 5.76. The number of hydrogen-bond donors (Lipinski definition) is 0. The van der Waals surface area contributed by atoms with E-state index in [0.29, 0.717) is 5.92 Å². The summed E-state index contributed by atoms with van der Waals surface area (Å²) in [7, 11) is -1.38. The van der Waals surface area contributed by atoms with E-state index in [9.17, 15) is 0 Å². The van der Waals surface area contributed by atoms with Crippen LogP contribution in [0.3, 0.4) is 0 Å².